The topological polar surface area (TPSA) is 104 Å². The van der Waals surface area contributed by atoms with Crippen LogP contribution < -0.4 is 15.4 Å². The lowest BCUT2D eigenvalue weighted by Crippen LogP contribution is -2.47. The van der Waals surface area contributed by atoms with Crippen LogP contribution >= 0.6 is 11.6 Å². The van der Waals surface area contributed by atoms with Gasteiger partial charge in [-0.1, -0.05) is 30.7 Å². The summed E-state index contributed by atoms with van der Waals surface area (Å²) in [7, 11) is -3.92. The van der Waals surface area contributed by atoms with Crippen LogP contribution in [0.4, 0.5) is 5.69 Å². The molecule has 2 aromatic carbocycles. The second-order valence-electron chi connectivity index (χ2n) is 6.62. The summed E-state index contributed by atoms with van der Waals surface area (Å²) < 4.78 is 27.7. The Morgan fingerprint density at radius 3 is 2.24 bits per heavy atom. The van der Waals surface area contributed by atoms with Gasteiger partial charge in [-0.25, -0.2) is 8.42 Å². The Morgan fingerprint density at radius 2 is 1.62 bits per heavy atom. The van der Waals surface area contributed by atoms with Crippen molar-refractivity contribution in [2.45, 2.75) is 44.2 Å². The molecule has 2 atom stereocenters. The molecule has 0 radical (unpaired) electrons. The molecule has 2 rings (SSSR count). The Balaban J connectivity index is 2.18. The zero-order valence-corrected chi connectivity index (χ0v) is 18.0. The van der Waals surface area contributed by atoms with Gasteiger partial charge < -0.3 is 10.6 Å². The van der Waals surface area contributed by atoms with Gasteiger partial charge in [-0.3, -0.25) is 14.3 Å². The summed E-state index contributed by atoms with van der Waals surface area (Å²) in [6, 6.07) is 11.1. The maximum absolute atomic E-state index is 12.7. The van der Waals surface area contributed by atoms with Crippen LogP contribution in [0, 0.1) is 0 Å². The summed E-state index contributed by atoms with van der Waals surface area (Å²) >= 11 is 5.80. The predicted molar refractivity (Wildman–Crippen MR) is 114 cm³/mol. The number of carbonyl (C=O) groups excluding carboxylic acids is 2. The van der Waals surface area contributed by atoms with Crippen molar-refractivity contribution >= 4 is 39.1 Å². The van der Waals surface area contributed by atoms with E-state index in [1.54, 1.807) is 19.1 Å². The molecular formula is C20H24ClN3O4S. The molecule has 0 saturated heterocycles. The Hall–Kier alpha value is -2.58. The van der Waals surface area contributed by atoms with Crippen LogP contribution in [-0.4, -0.2) is 32.3 Å². The van der Waals surface area contributed by atoms with Crippen molar-refractivity contribution in [3.63, 3.8) is 0 Å². The van der Waals surface area contributed by atoms with E-state index in [1.165, 1.54) is 36.4 Å². The smallest absolute Gasteiger partial charge is 0.261 e. The quantitative estimate of drug-likeness (QED) is 0.589. The molecule has 0 heterocycles. The van der Waals surface area contributed by atoms with E-state index in [0.29, 0.717) is 5.02 Å². The normalized spacial score (nSPS) is 13.2. The molecule has 2 aromatic rings. The number of anilines is 1. The predicted octanol–water partition coefficient (Wildman–Crippen LogP) is 3.17. The van der Waals surface area contributed by atoms with Gasteiger partial charge in [-0.15, -0.1) is 0 Å². The molecule has 0 spiro atoms. The summed E-state index contributed by atoms with van der Waals surface area (Å²) in [5, 5.41) is 5.80. The van der Waals surface area contributed by atoms with Crippen molar-refractivity contribution in [2.24, 2.45) is 0 Å². The Kier molecular flexibility index (Phi) is 7.64. The molecule has 156 valence electrons. The lowest BCUT2D eigenvalue weighted by molar-refractivity contribution is -0.123. The molecule has 0 aliphatic carbocycles. The fourth-order valence-corrected chi connectivity index (χ4v) is 3.60. The van der Waals surface area contributed by atoms with Gasteiger partial charge in [0.2, 0.25) is 5.91 Å². The maximum Gasteiger partial charge on any atom is 0.261 e. The highest BCUT2D eigenvalue weighted by atomic mass is 35.5. The minimum atomic E-state index is -3.92. The number of hydrogen-bond acceptors (Lipinski definition) is 4. The number of nitrogens with one attached hydrogen (secondary N) is 3. The van der Waals surface area contributed by atoms with Gasteiger partial charge in [0.05, 0.1) is 16.1 Å². The van der Waals surface area contributed by atoms with E-state index in [0.717, 1.165) is 6.42 Å². The average Bonchev–Trinajstić information content (AvgIpc) is 2.68. The molecule has 7 nitrogen and oxygen atoms in total. The SMILES string of the molecule is CCC(C)NC(=O)C(C)NC(=O)c1ccccc1NS(=O)(=O)c1ccc(Cl)cc1. The zero-order valence-electron chi connectivity index (χ0n) is 16.4. The van der Waals surface area contributed by atoms with Gasteiger partial charge in [0.25, 0.3) is 15.9 Å². The first kappa shape index (κ1) is 22.7. The minimum absolute atomic E-state index is 0.0124. The molecule has 0 aromatic heterocycles. The molecule has 29 heavy (non-hydrogen) atoms. The molecule has 0 aliphatic rings. The van der Waals surface area contributed by atoms with Crippen LogP contribution in [-0.2, 0) is 14.8 Å². The lowest BCUT2D eigenvalue weighted by Gasteiger charge is -2.18. The standard InChI is InChI=1S/C20H24ClN3O4S/c1-4-13(2)22-19(25)14(3)23-20(26)17-7-5-6-8-18(17)24-29(27,28)16-11-9-15(21)10-12-16/h5-14,24H,4H2,1-3H3,(H,22,25)(H,23,26). The van der Waals surface area contributed by atoms with Crippen molar-refractivity contribution in [2.75, 3.05) is 4.72 Å². The number of carbonyl (C=O) groups is 2. The van der Waals surface area contributed by atoms with E-state index in [-0.39, 0.29) is 28.1 Å². The number of hydrogen-bond donors (Lipinski definition) is 3. The molecule has 0 saturated carbocycles. The molecule has 2 unspecified atom stereocenters. The monoisotopic (exact) mass is 437 g/mol. The summed E-state index contributed by atoms with van der Waals surface area (Å²) in [4.78, 5) is 24.8. The molecule has 0 aliphatic heterocycles. The number of halogens is 1. The van der Waals surface area contributed by atoms with Crippen molar-refractivity contribution in [1.82, 2.24) is 10.6 Å². The summed E-state index contributed by atoms with van der Waals surface area (Å²) in [5.74, 6) is -0.877. The molecule has 3 N–H and O–H groups in total. The Morgan fingerprint density at radius 1 is 1.00 bits per heavy atom. The lowest BCUT2D eigenvalue weighted by atomic mass is 10.1. The third kappa shape index (κ3) is 6.20. The number of amides is 2. The van der Waals surface area contributed by atoms with E-state index in [9.17, 15) is 18.0 Å². The second-order valence-corrected chi connectivity index (χ2v) is 8.74. The molecular weight excluding hydrogens is 414 g/mol. The van der Waals surface area contributed by atoms with Gasteiger partial charge in [0.1, 0.15) is 6.04 Å². The van der Waals surface area contributed by atoms with Crippen LogP contribution in [0.3, 0.4) is 0 Å². The van der Waals surface area contributed by atoms with Gasteiger partial charge in [-0.05, 0) is 56.7 Å². The second kappa shape index (κ2) is 9.76. The fraction of sp³-hybridized carbons (Fsp3) is 0.300. The third-order valence-electron chi connectivity index (χ3n) is 4.28. The first-order valence-corrected chi connectivity index (χ1v) is 11.0. The van der Waals surface area contributed by atoms with E-state index in [2.05, 4.69) is 15.4 Å². The van der Waals surface area contributed by atoms with Crippen LogP contribution in [0.15, 0.2) is 53.4 Å². The number of sulfonamides is 1. The van der Waals surface area contributed by atoms with Gasteiger partial charge in [-0.2, -0.15) is 0 Å². The summed E-state index contributed by atoms with van der Waals surface area (Å²) in [6.07, 6.45) is 0.766. The van der Waals surface area contributed by atoms with Crippen LogP contribution in [0.25, 0.3) is 0 Å². The van der Waals surface area contributed by atoms with Crippen molar-refractivity contribution in [1.29, 1.82) is 0 Å². The largest absolute Gasteiger partial charge is 0.352 e. The van der Waals surface area contributed by atoms with E-state index < -0.39 is 22.0 Å². The number of para-hydroxylation sites is 1. The highest BCUT2D eigenvalue weighted by Crippen LogP contribution is 2.21. The van der Waals surface area contributed by atoms with Gasteiger partial charge in [0, 0.05) is 11.1 Å². The van der Waals surface area contributed by atoms with Crippen molar-refractivity contribution in [3.05, 3.63) is 59.1 Å². The molecule has 2 amide bonds. The van der Waals surface area contributed by atoms with Gasteiger partial charge >= 0.3 is 0 Å². The number of rotatable bonds is 8. The summed E-state index contributed by atoms with van der Waals surface area (Å²) in [6.45, 7) is 5.38. The first-order chi connectivity index (χ1) is 13.6. The highest BCUT2D eigenvalue weighted by molar-refractivity contribution is 7.92. The van der Waals surface area contributed by atoms with Crippen LogP contribution in [0.2, 0.25) is 5.02 Å². The average molecular weight is 438 g/mol. The first-order valence-electron chi connectivity index (χ1n) is 9.12. The van der Waals surface area contributed by atoms with Crippen LogP contribution in [0.5, 0.6) is 0 Å². The Bertz CT molecular complexity index is 977. The van der Waals surface area contributed by atoms with Crippen LogP contribution in [0.1, 0.15) is 37.6 Å². The summed E-state index contributed by atoms with van der Waals surface area (Å²) in [5.41, 5.74) is 0.211. The van der Waals surface area contributed by atoms with E-state index in [1.807, 2.05) is 13.8 Å². The maximum atomic E-state index is 12.7. The highest BCUT2D eigenvalue weighted by Gasteiger charge is 2.22. The van der Waals surface area contributed by atoms with E-state index >= 15 is 0 Å². The molecule has 0 fully saturated rings. The minimum Gasteiger partial charge on any atom is -0.352 e. The van der Waals surface area contributed by atoms with Crippen molar-refractivity contribution < 1.29 is 18.0 Å². The van der Waals surface area contributed by atoms with E-state index in [4.69, 9.17) is 11.6 Å². The molecule has 9 heteroatoms. The Labute approximate surface area is 175 Å². The van der Waals surface area contributed by atoms with Gasteiger partial charge in [0.15, 0.2) is 0 Å². The zero-order chi connectivity index (χ0) is 21.6. The fourth-order valence-electron chi connectivity index (χ4n) is 2.40. The molecule has 0 bridgehead atoms. The third-order valence-corrected chi connectivity index (χ3v) is 5.92. The number of benzene rings is 2. The van der Waals surface area contributed by atoms with Crippen molar-refractivity contribution in [3.8, 4) is 0 Å².